The molecule has 1 aromatic heterocycles. The van der Waals surface area contributed by atoms with Crippen molar-refractivity contribution in [2.45, 2.75) is 6.92 Å². The fraction of sp³-hybridized carbons (Fsp3) is 0.154. The van der Waals surface area contributed by atoms with Crippen molar-refractivity contribution in [1.82, 2.24) is 10.3 Å². The second kappa shape index (κ2) is 5.01. The van der Waals surface area contributed by atoms with Crippen molar-refractivity contribution in [3.63, 3.8) is 0 Å². The van der Waals surface area contributed by atoms with Gasteiger partial charge >= 0.3 is 0 Å². The lowest BCUT2D eigenvalue weighted by atomic mass is 10.1. The predicted octanol–water partition coefficient (Wildman–Crippen LogP) is 2.09. The van der Waals surface area contributed by atoms with Crippen LogP contribution in [0.15, 0.2) is 36.5 Å². The molecule has 0 spiro atoms. The molecule has 0 unspecified atom stereocenters. The zero-order valence-corrected chi connectivity index (χ0v) is 10.3. The smallest absolute Gasteiger partial charge is 0.148 e. The Morgan fingerprint density at radius 1 is 1.35 bits per heavy atom. The zero-order chi connectivity index (χ0) is 12.3. The zero-order valence-electron chi connectivity index (χ0n) is 9.43. The van der Waals surface area contributed by atoms with Crippen LogP contribution in [0.25, 0.3) is 10.9 Å². The van der Waals surface area contributed by atoms with Crippen molar-refractivity contribution in [2.24, 2.45) is 0 Å². The molecule has 0 aliphatic carbocycles. The van der Waals surface area contributed by atoms with Gasteiger partial charge in [-0.25, -0.2) is 0 Å². The van der Waals surface area contributed by atoms with Gasteiger partial charge in [0.15, 0.2) is 0 Å². The summed E-state index contributed by atoms with van der Waals surface area (Å²) in [6.07, 6.45) is 1.75. The van der Waals surface area contributed by atoms with Gasteiger partial charge in [-0.3, -0.25) is 9.78 Å². The fourth-order valence-corrected chi connectivity index (χ4v) is 1.85. The summed E-state index contributed by atoms with van der Waals surface area (Å²) in [5.41, 5.74) is 1.81. The highest BCUT2D eigenvalue weighted by atomic mass is 32.1. The second-order valence-corrected chi connectivity index (χ2v) is 4.17. The fourth-order valence-electron chi connectivity index (χ4n) is 1.60. The van der Waals surface area contributed by atoms with Gasteiger partial charge in [0.1, 0.15) is 10.8 Å². The summed E-state index contributed by atoms with van der Waals surface area (Å²) in [6.45, 7) is 1.79. The summed E-state index contributed by atoms with van der Waals surface area (Å²) in [5, 5.41) is 3.94. The maximum Gasteiger partial charge on any atom is 0.148 e. The quantitative estimate of drug-likeness (QED) is 0.839. The third kappa shape index (κ3) is 2.65. The Bertz CT molecular complexity index is 575. The van der Waals surface area contributed by atoms with Crippen molar-refractivity contribution in [1.29, 1.82) is 0 Å². The average Bonchev–Trinajstić information content (AvgIpc) is 2.35. The van der Waals surface area contributed by atoms with Gasteiger partial charge in [0.25, 0.3) is 0 Å². The minimum atomic E-state index is 0.0608. The van der Waals surface area contributed by atoms with Crippen LogP contribution in [-0.2, 0) is 4.79 Å². The summed E-state index contributed by atoms with van der Waals surface area (Å²) in [5.74, 6) is 0.0608. The second-order valence-electron chi connectivity index (χ2n) is 3.76. The molecule has 1 aromatic carbocycles. The van der Waals surface area contributed by atoms with Crippen LogP contribution in [-0.4, -0.2) is 22.3 Å². The molecule has 0 aliphatic rings. The number of pyridine rings is 1. The molecule has 0 atom stereocenters. The third-order valence-corrected chi connectivity index (χ3v) is 2.75. The van der Waals surface area contributed by atoms with Crippen LogP contribution in [0, 0.1) is 0 Å². The first-order valence-electron chi connectivity index (χ1n) is 5.30. The maximum atomic E-state index is 10.9. The van der Waals surface area contributed by atoms with E-state index < -0.39 is 0 Å². The van der Waals surface area contributed by atoms with E-state index in [1.165, 1.54) is 6.92 Å². The van der Waals surface area contributed by atoms with E-state index in [1.807, 2.05) is 30.3 Å². The van der Waals surface area contributed by atoms with Crippen LogP contribution < -0.4 is 5.32 Å². The predicted molar refractivity (Wildman–Crippen MR) is 72.1 cm³/mol. The van der Waals surface area contributed by atoms with Gasteiger partial charge in [-0.05, 0) is 19.1 Å². The minimum Gasteiger partial charge on any atom is -0.369 e. The number of aromatic nitrogens is 1. The minimum absolute atomic E-state index is 0.0608. The topological polar surface area (TPSA) is 42.0 Å². The van der Waals surface area contributed by atoms with Gasteiger partial charge in [-0.15, -0.1) is 0 Å². The van der Waals surface area contributed by atoms with Crippen molar-refractivity contribution in [3.8, 4) is 0 Å². The third-order valence-electron chi connectivity index (χ3n) is 2.39. The number of nitrogens with zero attached hydrogens (tertiary/aromatic N) is 1. The van der Waals surface area contributed by atoms with E-state index in [9.17, 15) is 4.79 Å². The number of nitrogens with one attached hydrogen (secondary N) is 1. The van der Waals surface area contributed by atoms with Gasteiger partial charge in [-0.2, -0.15) is 0 Å². The van der Waals surface area contributed by atoms with E-state index in [0.717, 1.165) is 16.5 Å². The summed E-state index contributed by atoms with van der Waals surface area (Å²) in [4.78, 5) is 15.8. The van der Waals surface area contributed by atoms with E-state index in [1.54, 1.807) is 6.20 Å². The lowest BCUT2D eigenvalue weighted by Gasteiger charge is -2.08. The number of carbonyl (C=O) groups excluding carboxylic acids is 1. The van der Waals surface area contributed by atoms with E-state index in [0.29, 0.717) is 4.99 Å². The standard InChI is InChI=1S/C13H12N2OS/c1-9(16)8-15-13(17)11-4-2-6-12-10(11)5-3-7-14-12/h2-7H,8H2,1H3,(H,15,17). The largest absolute Gasteiger partial charge is 0.369 e. The average molecular weight is 244 g/mol. The van der Waals surface area contributed by atoms with Crippen molar-refractivity contribution >= 4 is 33.9 Å². The molecule has 0 radical (unpaired) electrons. The number of hydrogen-bond acceptors (Lipinski definition) is 3. The summed E-state index contributed by atoms with van der Waals surface area (Å²) in [6, 6.07) is 9.62. The molecule has 0 saturated heterocycles. The molecule has 0 amide bonds. The van der Waals surface area contributed by atoms with Crippen LogP contribution in [0.3, 0.4) is 0 Å². The van der Waals surface area contributed by atoms with Gasteiger partial charge in [0, 0.05) is 17.1 Å². The Kier molecular flexibility index (Phi) is 3.44. The molecular weight excluding hydrogens is 232 g/mol. The molecule has 17 heavy (non-hydrogen) atoms. The Balaban J connectivity index is 2.35. The van der Waals surface area contributed by atoms with Crippen LogP contribution in [0.2, 0.25) is 0 Å². The van der Waals surface area contributed by atoms with E-state index >= 15 is 0 Å². The number of rotatable bonds is 3. The Labute approximate surface area is 105 Å². The Morgan fingerprint density at radius 3 is 2.94 bits per heavy atom. The molecule has 1 heterocycles. The molecule has 0 aliphatic heterocycles. The normalized spacial score (nSPS) is 10.2. The van der Waals surface area contributed by atoms with Crippen molar-refractivity contribution in [2.75, 3.05) is 6.54 Å². The number of ketones is 1. The first-order chi connectivity index (χ1) is 8.18. The van der Waals surface area contributed by atoms with Gasteiger partial charge in [0.2, 0.25) is 0 Å². The van der Waals surface area contributed by atoms with E-state index in [-0.39, 0.29) is 12.3 Å². The van der Waals surface area contributed by atoms with Gasteiger partial charge in [0.05, 0.1) is 12.1 Å². The molecule has 4 heteroatoms. The monoisotopic (exact) mass is 244 g/mol. The highest BCUT2D eigenvalue weighted by Crippen LogP contribution is 2.16. The summed E-state index contributed by atoms with van der Waals surface area (Å²) >= 11 is 5.28. The first kappa shape index (κ1) is 11.7. The number of Topliss-reactive ketones (excluding diaryl/α,β-unsaturated/α-hetero) is 1. The molecule has 2 aromatic rings. The Hall–Kier alpha value is -1.81. The van der Waals surface area contributed by atoms with Crippen LogP contribution in [0.1, 0.15) is 12.5 Å². The van der Waals surface area contributed by atoms with Crippen molar-refractivity contribution < 1.29 is 4.79 Å². The number of fused-ring (bicyclic) bond motifs is 1. The molecule has 86 valence electrons. The van der Waals surface area contributed by atoms with Gasteiger partial charge in [-0.1, -0.05) is 30.4 Å². The van der Waals surface area contributed by atoms with Crippen molar-refractivity contribution in [3.05, 3.63) is 42.1 Å². The number of carbonyl (C=O) groups is 1. The van der Waals surface area contributed by atoms with Gasteiger partial charge < -0.3 is 5.32 Å². The molecule has 0 saturated carbocycles. The lowest BCUT2D eigenvalue weighted by molar-refractivity contribution is -0.115. The van der Waals surface area contributed by atoms with E-state index in [4.69, 9.17) is 12.2 Å². The lowest BCUT2D eigenvalue weighted by Crippen LogP contribution is -2.27. The van der Waals surface area contributed by atoms with Crippen LogP contribution in [0.5, 0.6) is 0 Å². The summed E-state index contributed by atoms with van der Waals surface area (Å²) in [7, 11) is 0. The molecule has 1 N–H and O–H groups in total. The molecular formula is C13H12N2OS. The molecule has 3 nitrogen and oxygen atoms in total. The molecule has 0 fully saturated rings. The maximum absolute atomic E-state index is 10.9. The Morgan fingerprint density at radius 2 is 2.18 bits per heavy atom. The number of hydrogen-bond donors (Lipinski definition) is 1. The molecule has 0 bridgehead atoms. The number of benzene rings is 1. The number of thiocarbonyl (C=S) groups is 1. The first-order valence-corrected chi connectivity index (χ1v) is 5.70. The highest BCUT2D eigenvalue weighted by molar-refractivity contribution is 7.80. The SMILES string of the molecule is CC(=O)CNC(=S)c1cccc2ncccc12. The van der Waals surface area contributed by atoms with Crippen LogP contribution >= 0.6 is 12.2 Å². The van der Waals surface area contributed by atoms with E-state index in [2.05, 4.69) is 10.3 Å². The molecule has 2 rings (SSSR count). The highest BCUT2D eigenvalue weighted by Gasteiger charge is 2.06. The summed E-state index contributed by atoms with van der Waals surface area (Å²) < 4.78 is 0. The van der Waals surface area contributed by atoms with Crippen LogP contribution in [0.4, 0.5) is 0 Å².